The molecule has 1 aromatic heterocycles. The second kappa shape index (κ2) is 5.49. The lowest BCUT2D eigenvalue weighted by Gasteiger charge is -2.23. The first-order valence-electron chi connectivity index (χ1n) is 6.98. The molecule has 100 valence electrons. The maximum atomic E-state index is 5.83. The van der Waals surface area contributed by atoms with Crippen LogP contribution < -0.4 is 10.2 Å². The predicted molar refractivity (Wildman–Crippen MR) is 77.3 cm³/mol. The highest BCUT2D eigenvalue weighted by Gasteiger charge is 2.15. The van der Waals surface area contributed by atoms with E-state index in [1.54, 1.807) is 0 Å². The zero-order valence-corrected chi connectivity index (χ0v) is 11.4. The fourth-order valence-electron chi connectivity index (χ4n) is 2.58. The van der Waals surface area contributed by atoms with Gasteiger partial charge in [0.25, 0.3) is 0 Å². The molecule has 0 atom stereocenters. The van der Waals surface area contributed by atoms with E-state index in [0.717, 1.165) is 44.1 Å². The first-order valence-corrected chi connectivity index (χ1v) is 6.98. The van der Waals surface area contributed by atoms with Gasteiger partial charge in [0.2, 0.25) is 0 Å². The Kier molecular flexibility index (Phi) is 3.56. The van der Waals surface area contributed by atoms with Crippen LogP contribution in [0.2, 0.25) is 0 Å². The van der Waals surface area contributed by atoms with Gasteiger partial charge in [-0.2, -0.15) is 0 Å². The molecule has 0 aliphatic carbocycles. The maximum absolute atomic E-state index is 5.83. The summed E-state index contributed by atoms with van der Waals surface area (Å²) in [6.07, 6.45) is 0.956. The van der Waals surface area contributed by atoms with Crippen LogP contribution in [0.25, 0.3) is 0 Å². The van der Waals surface area contributed by atoms with E-state index in [9.17, 15) is 0 Å². The van der Waals surface area contributed by atoms with E-state index in [2.05, 4.69) is 53.5 Å². The van der Waals surface area contributed by atoms with Gasteiger partial charge in [-0.1, -0.05) is 25.1 Å². The highest BCUT2D eigenvalue weighted by Crippen LogP contribution is 2.24. The van der Waals surface area contributed by atoms with E-state index in [1.807, 2.05) is 0 Å². The van der Waals surface area contributed by atoms with Crippen molar-refractivity contribution < 1.29 is 4.42 Å². The van der Waals surface area contributed by atoms with Gasteiger partial charge in [-0.25, -0.2) is 0 Å². The van der Waals surface area contributed by atoms with Gasteiger partial charge in [0.05, 0.1) is 6.54 Å². The minimum atomic E-state index is 0.846. The second-order valence-electron chi connectivity index (χ2n) is 4.95. The highest BCUT2D eigenvalue weighted by atomic mass is 16.3. The van der Waals surface area contributed by atoms with E-state index in [-0.39, 0.29) is 0 Å². The van der Waals surface area contributed by atoms with Gasteiger partial charge in [-0.3, -0.25) is 0 Å². The minimum absolute atomic E-state index is 0.846. The van der Waals surface area contributed by atoms with Crippen molar-refractivity contribution in [1.82, 2.24) is 5.32 Å². The van der Waals surface area contributed by atoms with Crippen molar-refractivity contribution in [3.8, 4) is 0 Å². The Bertz CT molecular complexity index is 547. The Morgan fingerprint density at radius 2 is 2.00 bits per heavy atom. The molecular formula is C16H20N2O. The average Bonchev–Trinajstić information content (AvgIpc) is 2.80. The summed E-state index contributed by atoms with van der Waals surface area (Å²) in [5.41, 5.74) is 2.68. The zero-order chi connectivity index (χ0) is 13.1. The molecule has 0 spiro atoms. The van der Waals surface area contributed by atoms with Gasteiger partial charge in [-0.05, 0) is 23.8 Å². The summed E-state index contributed by atoms with van der Waals surface area (Å²) in [6.45, 7) is 5.94. The summed E-state index contributed by atoms with van der Waals surface area (Å²) in [4.78, 5) is 2.40. The van der Waals surface area contributed by atoms with Gasteiger partial charge in [0.1, 0.15) is 11.5 Å². The molecule has 3 nitrogen and oxygen atoms in total. The maximum Gasteiger partial charge on any atom is 0.123 e. The fourth-order valence-corrected chi connectivity index (χ4v) is 2.58. The van der Waals surface area contributed by atoms with Crippen molar-refractivity contribution in [2.45, 2.75) is 26.4 Å². The molecular weight excluding hydrogens is 236 g/mol. The Labute approximate surface area is 114 Å². The van der Waals surface area contributed by atoms with Crippen molar-refractivity contribution in [3.05, 3.63) is 53.5 Å². The molecule has 3 heteroatoms. The Morgan fingerprint density at radius 3 is 2.84 bits per heavy atom. The number of hydrogen-bond donors (Lipinski definition) is 1. The summed E-state index contributed by atoms with van der Waals surface area (Å²) in [6, 6.07) is 12.8. The molecule has 0 amide bonds. The minimum Gasteiger partial charge on any atom is -0.464 e. The van der Waals surface area contributed by atoms with Crippen molar-refractivity contribution in [2.75, 3.05) is 18.0 Å². The van der Waals surface area contributed by atoms with E-state index in [0.29, 0.717) is 0 Å². The van der Waals surface area contributed by atoms with Crippen molar-refractivity contribution in [3.63, 3.8) is 0 Å². The normalized spacial score (nSPS) is 15.1. The summed E-state index contributed by atoms with van der Waals surface area (Å²) >= 11 is 0. The molecule has 2 aromatic rings. The van der Waals surface area contributed by atoms with Crippen LogP contribution in [-0.2, 0) is 19.5 Å². The second-order valence-corrected chi connectivity index (χ2v) is 4.95. The molecule has 2 heterocycles. The fraction of sp³-hybridized carbons (Fsp3) is 0.375. The molecule has 0 bridgehead atoms. The summed E-state index contributed by atoms with van der Waals surface area (Å²) in [7, 11) is 0. The SMILES string of the molecule is CCc1ccc(CN2CCNCc3ccccc32)o1. The van der Waals surface area contributed by atoms with Crippen LogP contribution in [0.15, 0.2) is 40.8 Å². The first-order chi connectivity index (χ1) is 9.36. The number of para-hydroxylation sites is 1. The van der Waals surface area contributed by atoms with Crippen LogP contribution in [0.1, 0.15) is 24.0 Å². The number of anilines is 1. The zero-order valence-electron chi connectivity index (χ0n) is 11.4. The van der Waals surface area contributed by atoms with Crippen LogP contribution in [-0.4, -0.2) is 13.1 Å². The Balaban J connectivity index is 1.83. The monoisotopic (exact) mass is 256 g/mol. The Hall–Kier alpha value is -1.74. The Morgan fingerprint density at radius 1 is 1.16 bits per heavy atom. The molecule has 0 saturated heterocycles. The first kappa shape index (κ1) is 12.3. The lowest BCUT2D eigenvalue weighted by molar-refractivity contribution is 0.464. The third-order valence-electron chi connectivity index (χ3n) is 3.62. The van der Waals surface area contributed by atoms with E-state index in [4.69, 9.17) is 4.42 Å². The van der Waals surface area contributed by atoms with Crippen LogP contribution in [0.5, 0.6) is 0 Å². The van der Waals surface area contributed by atoms with Crippen LogP contribution in [0, 0.1) is 0 Å². The van der Waals surface area contributed by atoms with Crippen LogP contribution >= 0.6 is 0 Å². The quantitative estimate of drug-likeness (QED) is 0.915. The average molecular weight is 256 g/mol. The van der Waals surface area contributed by atoms with Crippen LogP contribution in [0.4, 0.5) is 5.69 Å². The molecule has 1 aromatic carbocycles. The lowest BCUT2D eigenvalue weighted by Crippen LogP contribution is -2.28. The van der Waals surface area contributed by atoms with Crippen LogP contribution in [0.3, 0.4) is 0 Å². The predicted octanol–water partition coefficient (Wildman–Crippen LogP) is 2.95. The smallest absolute Gasteiger partial charge is 0.123 e. The third kappa shape index (κ3) is 2.66. The third-order valence-corrected chi connectivity index (χ3v) is 3.62. The van der Waals surface area contributed by atoms with Crippen molar-refractivity contribution in [2.24, 2.45) is 0 Å². The summed E-state index contributed by atoms with van der Waals surface area (Å²) in [5.74, 6) is 2.12. The van der Waals surface area contributed by atoms with Crippen molar-refractivity contribution in [1.29, 1.82) is 0 Å². The van der Waals surface area contributed by atoms with Gasteiger partial charge < -0.3 is 14.6 Å². The van der Waals surface area contributed by atoms with Crippen molar-refractivity contribution >= 4 is 5.69 Å². The molecule has 3 rings (SSSR count). The van der Waals surface area contributed by atoms with E-state index < -0.39 is 0 Å². The molecule has 19 heavy (non-hydrogen) atoms. The number of nitrogens with zero attached hydrogens (tertiary/aromatic N) is 1. The number of fused-ring (bicyclic) bond motifs is 1. The standard InChI is InChI=1S/C16H20N2O/c1-2-14-7-8-15(19-14)12-18-10-9-17-11-13-5-3-4-6-16(13)18/h3-8,17H,2,9-12H2,1H3. The number of aryl methyl sites for hydroxylation is 1. The van der Waals surface area contributed by atoms with Gasteiger partial charge in [0, 0.05) is 31.7 Å². The number of benzene rings is 1. The molecule has 0 unspecified atom stereocenters. The van der Waals surface area contributed by atoms with Gasteiger partial charge in [-0.15, -0.1) is 0 Å². The molecule has 0 saturated carbocycles. The lowest BCUT2D eigenvalue weighted by atomic mass is 10.1. The number of furan rings is 1. The molecule has 0 fully saturated rings. The largest absolute Gasteiger partial charge is 0.464 e. The van der Waals surface area contributed by atoms with E-state index in [1.165, 1.54) is 11.3 Å². The topological polar surface area (TPSA) is 28.4 Å². The number of rotatable bonds is 3. The summed E-state index contributed by atoms with van der Waals surface area (Å²) < 4.78 is 5.83. The molecule has 1 N–H and O–H groups in total. The molecule has 0 radical (unpaired) electrons. The number of nitrogens with one attached hydrogen (secondary N) is 1. The number of hydrogen-bond acceptors (Lipinski definition) is 3. The summed E-state index contributed by atoms with van der Waals surface area (Å²) in [5, 5.41) is 3.46. The highest BCUT2D eigenvalue weighted by molar-refractivity contribution is 5.54. The van der Waals surface area contributed by atoms with Gasteiger partial charge >= 0.3 is 0 Å². The van der Waals surface area contributed by atoms with E-state index >= 15 is 0 Å². The molecule has 1 aliphatic heterocycles. The van der Waals surface area contributed by atoms with Gasteiger partial charge in [0.15, 0.2) is 0 Å². The molecule has 1 aliphatic rings.